The average molecular weight is 142 g/mol. The molecule has 3 N–H and O–H groups in total. The molecular weight excluding hydrogens is 128 g/mol. The Bertz CT molecular complexity index is 154. The van der Waals surface area contributed by atoms with Crippen molar-refractivity contribution in [1.82, 2.24) is 5.32 Å². The lowest BCUT2D eigenvalue weighted by Gasteiger charge is -2.23. The third kappa shape index (κ3) is 1.14. The van der Waals surface area contributed by atoms with Crippen molar-refractivity contribution in [2.24, 2.45) is 11.7 Å². The van der Waals surface area contributed by atoms with Crippen LogP contribution in [-0.4, -0.2) is 18.0 Å². The number of carbonyl (C=O) groups excluding carboxylic acids is 1. The number of nitrogens with one attached hydrogen (secondary N) is 1. The second-order valence-corrected chi connectivity index (χ2v) is 3.39. The first kappa shape index (κ1) is 7.54. The molecule has 3 heteroatoms. The number of primary amides is 1. The summed E-state index contributed by atoms with van der Waals surface area (Å²) in [4.78, 5) is 10.8. The van der Waals surface area contributed by atoms with Crippen molar-refractivity contribution in [1.29, 1.82) is 0 Å². The van der Waals surface area contributed by atoms with E-state index < -0.39 is 0 Å². The first-order valence-corrected chi connectivity index (χ1v) is 3.58. The average Bonchev–Trinajstić information content (AvgIpc) is 2.08. The second kappa shape index (κ2) is 2.23. The van der Waals surface area contributed by atoms with Crippen LogP contribution in [0.25, 0.3) is 0 Å². The molecule has 0 bridgehead atoms. The fourth-order valence-corrected chi connectivity index (χ4v) is 1.52. The molecule has 1 atom stereocenters. The number of nitrogens with two attached hydrogens (primary N) is 1. The number of rotatable bonds is 1. The van der Waals surface area contributed by atoms with Crippen molar-refractivity contribution in [2.45, 2.75) is 25.8 Å². The van der Waals surface area contributed by atoms with Gasteiger partial charge in [0.05, 0.1) is 5.92 Å². The smallest absolute Gasteiger partial charge is 0.222 e. The number of amides is 1. The van der Waals surface area contributed by atoms with E-state index >= 15 is 0 Å². The molecule has 1 saturated heterocycles. The Balaban J connectivity index is 2.68. The molecule has 1 aliphatic rings. The SMILES string of the molecule is CC1(C)NCCC1C(N)=O. The minimum Gasteiger partial charge on any atom is -0.369 e. The summed E-state index contributed by atoms with van der Waals surface area (Å²) in [5, 5.41) is 3.23. The van der Waals surface area contributed by atoms with Crippen LogP contribution in [0.5, 0.6) is 0 Å². The van der Waals surface area contributed by atoms with E-state index in [0.29, 0.717) is 0 Å². The summed E-state index contributed by atoms with van der Waals surface area (Å²) in [6, 6.07) is 0. The van der Waals surface area contributed by atoms with Gasteiger partial charge < -0.3 is 11.1 Å². The number of hydrogen-bond acceptors (Lipinski definition) is 2. The van der Waals surface area contributed by atoms with Crippen molar-refractivity contribution in [2.75, 3.05) is 6.54 Å². The van der Waals surface area contributed by atoms with Crippen LogP contribution < -0.4 is 11.1 Å². The first-order chi connectivity index (χ1) is 4.54. The zero-order valence-electron chi connectivity index (χ0n) is 6.48. The van der Waals surface area contributed by atoms with Crippen LogP contribution in [0.4, 0.5) is 0 Å². The Kier molecular flexibility index (Phi) is 1.68. The van der Waals surface area contributed by atoms with Gasteiger partial charge in [-0.25, -0.2) is 0 Å². The highest BCUT2D eigenvalue weighted by Crippen LogP contribution is 2.24. The summed E-state index contributed by atoms with van der Waals surface area (Å²) < 4.78 is 0. The molecule has 10 heavy (non-hydrogen) atoms. The van der Waals surface area contributed by atoms with Gasteiger partial charge in [0.15, 0.2) is 0 Å². The maximum absolute atomic E-state index is 10.8. The second-order valence-electron chi connectivity index (χ2n) is 3.39. The minimum atomic E-state index is -0.185. The fourth-order valence-electron chi connectivity index (χ4n) is 1.52. The molecule has 1 rings (SSSR count). The lowest BCUT2D eigenvalue weighted by atomic mass is 9.89. The van der Waals surface area contributed by atoms with E-state index in [1.54, 1.807) is 0 Å². The highest BCUT2D eigenvalue weighted by atomic mass is 16.1. The molecule has 1 heterocycles. The highest BCUT2D eigenvalue weighted by molar-refractivity contribution is 5.78. The third-order valence-electron chi connectivity index (χ3n) is 2.23. The van der Waals surface area contributed by atoms with Crippen LogP contribution in [0.3, 0.4) is 0 Å². The van der Waals surface area contributed by atoms with E-state index in [4.69, 9.17) is 5.73 Å². The molecule has 3 nitrogen and oxygen atoms in total. The lowest BCUT2D eigenvalue weighted by Crippen LogP contribution is -2.43. The largest absolute Gasteiger partial charge is 0.369 e. The van der Waals surface area contributed by atoms with Crippen LogP contribution >= 0.6 is 0 Å². The van der Waals surface area contributed by atoms with Gasteiger partial charge in [-0.1, -0.05) is 0 Å². The van der Waals surface area contributed by atoms with Crippen LogP contribution in [0.1, 0.15) is 20.3 Å². The number of carbonyl (C=O) groups is 1. The molecule has 0 aliphatic carbocycles. The van der Waals surface area contributed by atoms with Crippen molar-refractivity contribution >= 4 is 5.91 Å². The standard InChI is InChI=1S/C7H14N2O/c1-7(2)5(6(8)10)3-4-9-7/h5,9H,3-4H2,1-2H3,(H2,8,10). The molecule has 1 fully saturated rings. The summed E-state index contributed by atoms with van der Waals surface area (Å²) in [5.41, 5.74) is 5.10. The molecule has 0 aromatic heterocycles. The van der Waals surface area contributed by atoms with E-state index in [1.807, 2.05) is 13.8 Å². The Morgan fingerprint density at radius 2 is 2.30 bits per heavy atom. The zero-order chi connectivity index (χ0) is 7.78. The molecule has 1 amide bonds. The van der Waals surface area contributed by atoms with Gasteiger partial charge in [-0.15, -0.1) is 0 Å². The summed E-state index contributed by atoms with van der Waals surface area (Å²) in [6.45, 7) is 4.92. The van der Waals surface area contributed by atoms with E-state index in [-0.39, 0.29) is 17.4 Å². The maximum atomic E-state index is 10.8. The molecule has 0 saturated carbocycles. The minimum absolute atomic E-state index is 0.00694. The third-order valence-corrected chi connectivity index (χ3v) is 2.23. The molecule has 0 radical (unpaired) electrons. The molecule has 58 valence electrons. The van der Waals surface area contributed by atoms with Crippen LogP contribution in [-0.2, 0) is 4.79 Å². The highest BCUT2D eigenvalue weighted by Gasteiger charge is 2.37. The van der Waals surface area contributed by atoms with Gasteiger partial charge in [0.2, 0.25) is 5.91 Å². The van der Waals surface area contributed by atoms with Gasteiger partial charge >= 0.3 is 0 Å². The first-order valence-electron chi connectivity index (χ1n) is 3.58. The molecular formula is C7H14N2O. The molecule has 1 unspecified atom stereocenters. The van der Waals surface area contributed by atoms with E-state index in [1.165, 1.54) is 0 Å². The van der Waals surface area contributed by atoms with Crippen LogP contribution in [0.2, 0.25) is 0 Å². The van der Waals surface area contributed by atoms with E-state index in [2.05, 4.69) is 5.32 Å². The summed E-state index contributed by atoms with van der Waals surface area (Å²) in [7, 11) is 0. The van der Waals surface area contributed by atoms with Gasteiger partial charge in [0.25, 0.3) is 0 Å². The van der Waals surface area contributed by atoms with Crippen molar-refractivity contribution in [3.8, 4) is 0 Å². The summed E-state index contributed by atoms with van der Waals surface area (Å²) >= 11 is 0. The Morgan fingerprint density at radius 1 is 1.70 bits per heavy atom. The topological polar surface area (TPSA) is 55.1 Å². The molecule has 0 spiro atoms. The summed E-state index contributed by atoms with van der Waals surface area (Å²) in [6.07, 6.45) is 0.877. The zero-order valence-corrected chi connectivity index (χ0v) is 6.48. The Labute approximate surface area is 61.0 Å². The van der Waals surface area contributed by atoms with Gasteiger partial charge in [-0.3, -0.25) is 4.79 Å². The molecule has 0 aromatic rings. The van der Waals surface area contributed by atoms with Crippen LogP contribution in [0.15, 0.2) is 0 Å². The normalized spacial score (nSPS) is 30.4. The number of hydrogen-bond donors (Lipinski definition) is 2. The van der Waals surface area contributed by atoms with Crippen molar-refractivity contribution in [3.05, 3.63) is 0 Å². The van der Waals surface area contributed by atoms with E-state index in [9.17, 15) is 4.79 Å². The summed E-state index contributed by atoms with van der Waals surface area (Å²) in [5.74, 6) is -0.178. The van der Waals surface area contributed by atoms with Gasteiger partial charge in [-0.05, 0) is 26.8 Å². The fraction of sp³-hybridized carbons (Fsp3) is 0.857. The Hall–Kier alpha value is -0.570. The molecule has 1 aliphatic heterocycles. The molecule has 0 aromatic carbocycles. The predicted octanol–water partition coefficient (Wildman–Crippen LogP) is -0.140. The predicted molar refractivity (Wildman–Crippen MR) is 39.4 cm³/mol. The van der Waals surface area contributed by atoms with Gasteiger partial charge in [-0.2, -0.15) is 0 Å². The van der Waals surface area contributed by atoms with E-state index in [0.717, 1.165) is 13.0 Å². The monoisotopic (exact) mass is 142 g/mol. The van der Waals surface area contributed by atoms with Crippen molar-refractivity contribution in [3.63, 3.8) is 0 Å². The van der Waals surface area contributed by atoms with Gasteiger partial charge in [0.1, 0.15) is 0 Å². The maximum Gasteiger partial charge on any atom is 0.222 e. The van der Waals surface area contributed by atoms with Crippen LogP contribution in [0, 0.1) is 5.92 Å². The quantitative estimate of drug-likeness (QED) is 0.535. The van der Waals surface area contributed by atoms with Crippen molar-refractivity contribution < 1.29 is 4.79 Å². The van der Waals surface area contributed by atoms with Gasteiger partial charge in [0, 0.05) is 5.54 Å². The lowest BCUT2D eigenvalue weighted by molar-refractivity contribution is -0.122. The Morgan fingerprint density at radius 3 is 2.50 bits per heavy atom.